The van der Waals surface area contributed by atoms with Gasteiger partial charge in [0.1, 0.15) is 5.75 Å². The van der Waals surface area contributed by atoms with Gasteiger partial charge in [0, 0.05) is 16.5 Å². The van der Waals surface area contributed by atoms with Crippen LogP contribution in [0.15, 0.2) is 22.7 Å². The minimum Gasteiger partial charge on any atom is -0.493 e. The van der Waals surface area contributed by atoms with Crippen molar-refractivity contribution in [2.45, 2.75) is 13.0 Å². The third-order valence-electron chi connectivity index (χ3n) is 1.97. The maximum Gasteiger partial charge on any atom is 0.124 e. The minimum absolute atomic E-state index is 0.648. The van der Waals surface area contributed by atoms with Gasteiger partial charge in [0.2, 0.25) is 0 Å². The molecule has 2 rings (SSSR count). The number of fused-ring (bicyclic) bond motifs is 1. The maximum absolute atomic E-state index is 5.58. The van der Waals surface area contributed by atoms with Crippen LogP contribution >= 0.6 is 15.9 Å². The number of hydrogen-bond acceptors (Lipinski definition) is 2. The van der Waals surface area contributed by atoms with Crippen LogP contribution in [0.2, 0.25) is 0 Å². The second-order valence-corrected chi connectivity index (χ2v) is 3.92. The Kier molecular flexibility index (Phi) is 2.86. The Balaban J connectivity index is 2.28. The summed E-state index contributed by atoms with van der Waals surface area (Å²) in [5.41, 5.74) is 1.12. The Morgan fingerprint density at radius 2 is 2.15 bits per heavy atom. The van der Waals surface area contributed by atoms with Gasteiger partial charge in [0.05, 0.1) is 19.8 Å². The summed E-state index contributed by atoms with van der Waals surface area (Å²) in [5.74, 6) is 0.947. The zero-order chi connectivity index (χ0) is 9.10. The van der Waals surface area contributed by atoms with E-state index in [0.29, 0.717) is 6.61 Å². The molecule has 0 amide bonds. The molecule has 0 N–H and O–H groups in total. The zero-order valence-corrected chi connectivity index (χ0v) is 8.84. The third-order valence-corrected chi connectivity index (χ3v) is 2.46. The SMILES string of the molecule is Brc1ccc2c(c1)COCCCO2. The van der Waals surface area contributed by atoms with Gasteiger partial charge in [-0.05, 0) is 18.2 Å². The molecule has 0 atom stereocenters. The fraction of sp³-hybridized carbons (Fsp3) is 0.400. The van der Waals surface area contributed by atoms with E-state index in [-0.39, 0.29) is 0 Å². The molecule has 70 valence electrons. The van der Waals surface area contributed by atoms with Gasteiger partial charge in [-0.2, -0.15) is 0 Å². The van der Waals surface area contributed by atoms with Crippen LogP contribution in [-0.4, -0.2) is 13.2 Å². The Morgan fingerprint density at radius 3 is 3.08 bits per heavy atom. The highest BCUT2D eigenvalue weighted by atomic mass is 79.9. The Labute approximate surface area is 86.0 Å². The zero-order valence-electron chi connectivity index (χ0n) is 7.25. The lowest BCUT2D eigenvalue weighted by Crippen LogP contribution is -2.09. The van der Waals surface area contributed by atoms with Crippen LogP contribution in [0.1, 0.15) is 12.0 Å². The first-order valence-electron chi connectivity index (χ1n) is 4.35. The molecule has 1 aromatic carbocycles. The summed E-state index contributed by atoms with van der Waals surface area (Å²) in [7, 11) is 0. The molecule has 0 saturated carbocycles. The molecule has 0 aromatic heterocycles. The van der Waals surface area contributed by atoms with E-state index in [0.717, 1.165) is 35.4 Å². The number of halogens is 1. The molecular formula is C10H11BrO2. The lowest BCUT2D eigenvalue weighted by Gasteiger charge is -2.15. The molecule has 1 heterocycles. The van der Waals surface area contributed by atoms with E-state index in [9.17, 15) is 0 Å². The van der Waals surface area contributed by atoms with Gasteiger partial charge in [-0.3, -0.25) is 0 Å². The molecule has 0 unspecified atom stereocenters. The lowest BCUT2D eigenvalue weighted by atomic mass is 10.2. The molecule has 1 aliphatic rings. The van der Waals surface area contributed by atoms with Crippen molar-refractivity contribution < 1.29 is 9.47 Å². The van der Waals surface area contributed by atoms with E-state index in [2.05, 4.69) is 15.9 Å². The monoisotopic (exact) mass is 242 g/mol. The average Bonchev–Trinajstić information content (AvgIpc) is 2.08. The summed E-state index contributed by atoms with van der Waals surface area (Å²) in [6.45, 7) is 2.18. The molecule has 3 heteroatoms. The minimum atomic E-state index is 0.648. The molecular weight excluding hydrogens is 232 g/mol. The molecule has 0 radical (unpaired) electrons. The summed E-state index contributed by atoms with van der Waals surface area (Å²) < 4.78 is 12.1. The number of benzene rings is 1. The van der Waals surface area contributed by atoms with Crippen molar-refractivity contribution in [3.8, 4) is 5.75 Å². The van der Waals surface area contributed by atoms with Gasteiger partial charge in [-0.1, -0.05) is 15.9 Å². The highest BCUT2D eigenvalue weighted by Gasteiger charge is 2.07. The molecule has 0 fully saturated rings. The molecule has 13 heavy (non-hydrogen) atoms. The fourth-order valence-electron chi connectivity index (χ4n) is 1.33. The van der Waals surface area contributed by atoms with Gasteiger partial charge in [-0.15, -0.1) is 0 Å². The quantitative estimate of drug-likeness (QED) is 0.697. The first-order chi connectivity index (χ1) is 6.36. The van der Waals surface area contributed by atoms with E-state index < -0.39 is 0 Å². The van der Waals surface area contributed by atoms with Gasteiger partial charge in [0.15, 0.2) is 0 Å². The van der Waals surface area contributed by atoms with Gasteiger partial charge < -0.3 is 9.47 Å². The number of hydrogen-bond donors (Lipinski definition) is 0. The molecule has 0 saturated heterocycles. The summed E-state index contributed by atoms with van der Waals surface area (Å²) in [6.07, 6.45) is 0.968. The number of ether oxygens (including phenoxy) is 2. The van der Waals surface area contributed by atoms with Crippen molar-refractivity contribution in [1.29, 1.82) is 0 Å². The van der Waals surface area contributed by atoms with Gasteiger partial charge >= 0.3 is 0 Å². The highest BCUT2D eigenvalue weighted by molar-refractivity contribution is 9.10. The molecule has 2 nitrogen and oxygen atoms in total. The second-order valence-electron chi connectivity index (χ2n) is 3.01. The summed E-state index contributed by atoms with van der Waals surface area (Å²) in [4.78, 5) is 0. The van der Waals surface area contributed by atoms with E-state index >= 15 is 0 Å². The largest absolute Gasteiger partial charge is 0.493 e. The van der Waals surface area contributed by atoms with E-state index in [1.807, 2.05) is 18.2 Å². The van der Waals surface area contributed by atoms with Crippen molar-refractivity contribution in [3.05, 3.63) is 28.2 Å². The summed E-state index contributed by atoms with van der Waals surface area (Å²) in [6, 6.07) is 6.01. The molecule has 0 spiro atoms. The maximum atomic E-state index is 5.58. The van der Waals surface area contributed by atoms with E-state index in [1.54, 1.807) is 0 Å². The second kappa shape index (κ2) is 4.11. The third kappa shape index (κ3) is 2.23. The highest BCUT2D eigenvalue weighted by Crippen LogP contribution is 2.25. The number of rotatable bonds is 0. The van der Waals surface area contributed by atoms with Crippen molar-refractivity contribution in [3.63, 3.8) is 0 Å². The average molecular weight is 243 g/mol. The first kappa shape index (κ1) is 9.03. The van der Waals surface area contributed by atoms with Crippen LogP contribution in [-0.2, 0) is 11.3 Å². The normalized spacial score (nSPS) is 16.7. The lowest BCUT2D eigenvalue weighted by molar-refractivity contribution is 0.0935. The summed E-state index contributed by atoms with van der Waals surface area (Å²) >= 11 is 3.42. The first-order valence-corrected chi connectivity index (χ1v) is 5.14. The van der Waals surface area contributed by atoms with Crippen molar-refractivity contribution in [1.82, 2.24) is 0 Å². The Hall–Kier alpha value is -0.540. The smallest absolute Gasteiger partial charge is 0.124 e. The predicted octanol–water partition coefficient (Wildman–Crippen LogP) is 2.75. The van der Waals surface area contributed by atoms with E-state index in [1.165, 1.54) is 0 Å². The molecule has 1 aromatic rings. The molecule has 0 bridgehead atoms. The Bertz CT molecular complexity index is 299. The molecule has 0 aliphatic carbocycles. The van der Waals surface area contributed by atoms with Crippen molar-refractivity contribution in [2.24, 2.45) is 0 Å². The standard InChI is InChI=1S/C10H11BrO2/c11-9-2-3-10-8(6-9)7-12-4-1-5-13-10/h2-3,6H,1,4-5,7H2. The fourth-order valence-corrected chi connectivity index (χ4v) is 1.74. The van der Waals surface area contributed by atoms with Crippen LogP contribution in [0.3, 0.4) is 0 Å². The summed E-state index contributed by atoms with van der Waals surface area (Å²) in [5, 5.41) is 0. The van der Waals surface area contributed by atoms with Crippen LogP contribution in [0, 0.1) is 0 Å². The van der Waals surface area contributed by atoms with Gasteiger partial charge in [0.25, 0.3) is 0 Å². The van der Waals surface area contributed by atoms with Gasteiger partial charge in [-0.25, -0.2) is 0 Å². The van der Waals surface area contributed by atoms with Crippen LogP contribution in [0.5, 0.6) is 5.75 Å². The van der Waals surface area contributed by atoms with Crippen LogP contribution in [0.4, 0.5) is 0 Å². The Morgan fingerprint density at radius 1 is 1.23 bits per heavy atom. The topological polar surface area (TPSA) is 18.5 Å². The van der Waals surface area contributed by atoms with Crippen LogP contribution in [0.25, 0.3) is 0 Å². The van der Waals surface area contributed by atoms with Crippen molar-refractivity contribution in [2.75, 3.05) is 13.2 Å². The molecule has 1 aliphatic heterocycles. The van der Waals surface area contributed by atoms with E-state index in [4.69, 9.17) is 9.47 Å². The van der Waals surface area contributed by atoms with Crippen molar-refractivity contribution >= 4 is 15.9 Å². The predicted molar refractivity (Wildman–Crippen MR) is 53.9 cm³/mol. The van der Waals surface area contributed by atoms with Crippen LogP contribution < -0.4 is 4.74 Å².